The largest absolute Gasteiger partial charge is 0.389 e. The second-order valence-corrected chi connectivity index (χ2v) is 5.21. The van der Waals surface area contributed by atoms with Crippen molar-refractivity contribution in [2.24, 2.45) is 0 Å². The van der Waals surface area contributed by atoms with Gasteiger partial charge in [0, 0.05) is 23.7 Å². The topological polar surface area (TPSA) is 32.3 Å². The van der Waals surface area contributed by atoms with Crippen molar-refractivity contribution in [2.75, 3.05) is 6.54 Å². The Morgan fingerprint density at radius 2 is 2.06 bits per heavy atom. The summed E-state index contributed by atoms with van der Waals surface area (Å²) < 4.78 is 13.4. The van der Waals surface area contributed by atoms with Crippen molar-refractivity contribution in [3.8, 4) is 0 Å². The summed E-state index contributed by atoms with van der Waals surface area (Å²) in [7, 11) is 0. The molecule has 1 saturated carbocycles. The van der Waals surface area contributed by atoms with Crippen molar-refractivity contribution in [1.29, 1.82) is 0 Å². The summed E-state index contributed by atoms with van der Waals surface area (Å²) in [4.78, 5) is 0. The maximum absolute atomic E-state index is 13.4. The van der Waals surface area contributed by atoms with Crippen LogP contribution in [0.3, 0.4) is 0 Å². The van der Waals surface area contributed by atoms with E-state index in [4.69, 9.17) is 11.6 Å². The molecule has 94 valence electrons. The minimum atomic E-state index is -0.602. The molecule has 0 amide bonds. The fourth-order valence-corrected chi connectivity index (χ4v) is 2.51. The minimum Gasteiger partial charge on any atom is -0.389 e. The van der Waals surface area contributed by atoms with Crippen LogP contribution < -0.4 is 5.32 Å². The molecule has 17 heavy (non-hydrogen) atoms. The molecule has 0 radical (unpaired) electrons. The third-order valence-corrected chi connectivity index (χ3v) is 3.55. The molecule has 2 N–H and O–H groups in total. The standard InChI is InChI=1S/C13H17ClFNO/c14-11-3-4-12(15)10(7-11)8-16-9-13(17)5-1-2-6-13/h3-4,7,16-17H,1-2,5-6,8-9H2. The summed E-state index contributed by atoms with van der Waals surface area (Å²) in [5, 5.41) is 13.7. The Hall–Kier alpha value is -0.640. The van der Waals surface area contributed by atoms with Gasteiger partial charge in [0.1, 0.15) is 5.82 Å². The molecule has 1 aliphatic rings. The number of benzene rings is 1. The smallest absolute Gasteiger partial charge is 0.127 e. The fraction of sp³-hybridized carbons (Fsp3) is 0.538. The van der Waals surface area contributed by atoms with E-state index in [0.717, 1.165) is 25.7 Å². The normalized spacial score (nSPS) is 18.5. The highest BCUT2D eigenvalue weighted by Crippen LogP contribution is 2.28. The third-order valence-electron chi connectivity index (χ3n) is 3.31. The van der Waals surface area contributed by atoms with E-state index < -0.39 is 5.60 Å². The van der Waals surface area contributed by atoms with E-state index in [1.807, 2.05) is 0 Å². The zero-order chi connectivity index (χ0) is 12.3. The Morgan fingerprint density at radius 1 is 1.35 bits per heavy atom. The molecule has 1 aromatic rings. The van der Waals surface area contributed by atoms with Crippen LogP contribution in [0.25, 0.3) is 0 Å². The van der Waals surface area contributed by atoms with Gasteiger partial charge in [0.2, 0.25) is 0 Å². The zero-order valence-corrected chi connectivity index (χ0v) is 10.4. The number of hydrogen-bond acceptors (Lipinski definition) is 2. The van der Waals surface area contributed by atoms with E-state index >= 15 is 0 Å². The summed E-state index contributed by atoms with van der Waals surface area (Å²) in [6.07, 6.45) is 3.81. The van der Waals surface area contributed by atoms with Crippen LogP contribution in [0.4, 0.5) is 4.39 Å². The summed E-state index contributed by atoms with van der Waals surface area (Å²) in [5.41, 5.74) is -0.0613. The van der Waals surface area contributed by atoms with Gasteiger partial charge in [0.25, 0.3) is 0 Å². The summed E-state index contributed by atoms with van der Waals surface area (Å²) >= 11 is 5.81. The van der Waals surface area contributed by atoms with Gasteiger partial charge >= 0.3 is 0 Å². The van der Waals surface area contributed by atoms with Crippen LogP contribution in [0.2, 0.25) is 5.02 Å². The van der Waals surface area contributed by atoms with Crippen LogP contribution in [0.1, 0.15) is 31.2 Å². The molecule has 0 unspecified atom stereocenters. The summed E-state index contributed by atoms with van der Waals surface area (Å²) in [5.74, 6) is -0.264. The number of hydrogen-bond donors (Lipinski definition) is 2. The first kappa shape index (κ1) is 12.8. The molecule has 2 nitrogen and oxygen atoms in total. The van der Waals surface area contributed by atoms with Crippen molar-refractivity contribution in [1.82, 2.24) is 5.32 Å². The predicted molar refractivity (Wildman–Crippen MR) is 66.5 cm³/mol. The van der Waals surface area contributed by atoms with Crippen molar-refractivity contribution in [3.05, 3.63) is 34.6 Å². The fourth-order valence-electron chi connectivity index (χ4n) is 2.32. The average Bonchev–Trinajstić information content (AvgIpc) is 2.71. The highest BCUT2D eigenvalue weighted by molar-refractivity contribution is 6.30. The third kappa shape index (κ3) is 3.41. The molecule has 0 aliphatic heterocycles. The van der Waals surface area contributed by atoms with Crippen LogP contribution in [-0.4, -0.2) is 17.3 Å². The number of halogens is 2. The maximum Gasteiger partial charge on any atom is 0.127 e. The van der Waals surface area contributed by atoms with Gasteiger partial charge in [0.15, 0.2) is 0 Å². The Kier molecular flexibility index (Phi) is 4.02. The molecule has 0 bridgehead atoms. The lowest BCUT2D eigenvalue weighted by atomic mass is 10.0. The molecule has 2 rings (SSSR count). The highest BCUT2D eigenvalue weighted by atomic mass is 35.5. The highest BCUT2D eigenvalue weighted by Gasteiger charge is 2.30. The Labute approximate surface area is 106 Å². The lowest BCUT2D eigenvalue weighted by Crippen LogP contribution is -2.37. The molecule has 1 aliphatic carbocycles. The first-order chi connectivity index (χ1) is 8.09. The van der Waals surface area contributed by atoms with Crippen LogP contribution in [0.5, 0.6) is 0 Å². The van der Waals surface area contributed by atoms with E-state index in [0.29, 0.717) is 23.7 Å². The van der Waals surface area contributed by atoms with Gasteiger partial charge in [-0.1, -0.05) is 24.4 Å². The molecular formula is C13H17ClFNO. The van der Waals surface area contributed by atoms with Gasteiger partial charge in [-0.3, -0.25) is 0 Å². The Bertz CT molecular complexity index is 391. The second kappa shape index (κ2) is 5.34. The molecule has 1 fully saturated rings. The van der Waals surface area contributed by atoms with Gasteiger partial charge in [-0.2, -0.15) is 0 Å². The van der Waals surface area contributed by atoms with Gasteiger partial charge in [0.05, 0.1) is 5.60 Å². The molecule has 0 aromatic heterocycles. The monoisotopic (exact) mass is 257 g/mol. The molecule has 0 heterocycles. The van der Waals surface area contributed by atoms with Crippen molar-refractivity contribution in [3.63, 3.8) is 0 Å². The SMILES string of the molecule is OC1(CNCc2cc(Cl)ccc2F)CCCC1. The molecule has 0 atom stereocenters. The number of aliphatic hydroxyl groups is 1. The quantitative estimate of drug-likeness (QED) is 0.869. The molecule has 0 spiro atoms. The summed E-state index contributed by atoms with van der Waals surface area (Å²) in [6.45, 7) is 0.910. The molecule has 1 aromatic carbocycles. The van der Waals surface area contributed by atoms with Crippen molar-refractivity contribution < 1.29 is 9.50 Å². The van der Waals surface area contributed by atoms with E-state index in [-0.39, 0.29) is 5.82 Å². The van der Waals surface area contributed by atoms with E-state index in [9.17, 15) is 9.50 Å². The molecule has 0 saturated heterocycles. The van der Waals surface area contributed by atoms with Gasteiger partial charge in [-0.05, 0) is 31.0 Å². The maximum atomic E-state index is 13.4. The van der Waals surface area contributed by atoms with Crippen LogP contribution >= 0.6 is 11.6 Å². The lowest BCUT2D eigenvalue weighted by Gasteiger charge is -2.22. The molecule has 4 heteroatoms. The zero-order valence-electron chi connectivity index (χ0n) is 9.68. The van der Waals surface area contributed by atoms with Crippen LogP contribution in [0, 0.1) is 5.82 Å². The second-order valence-electron chi connectivity index (χ2n) is 4.77. The first-order valence-corrected chi connectivity index (χ1v) is 6.34. The van der Waals surface area contributed by atoms with Gasteiger partial charge in [-0.15, -0.1) is 0 Å². The number of rotatable bonds is 4. The van der Waals surface area contributed by atoms with E-state index in [1.165, 1.54) is 12.1 Å². The molecular weight excluding hydrogens is 241 g/mol. The van der Waals surface area contributed by atoms with Crippen LogP contribution in [0.15, 0.2) is 18.2 Å². The van der Waals surface area contributed by atoms with Crippen LogP contribution in [-0.2, 0) is 6.54 Å². The summed E-state index contributed by atoms with van der Waals surface area (Å²) in [6, 6.07) is 4.51. The average molecular weight is 258 g/mol. The predicted octanol–water partition coefficient (Wildman–Crippen LogP) is 2.87. The minimum absolute atomic E-state index is 0.264. The number of nitrogens with one attached hydrogen (secondary N) is 1. The Morgan fingerprint density at radius 3 is 2.76 bits per heavy atom. The van der Waals surface area contributed by atoms with E-state index in [2.05, 4.69) is 5.32 Å². The van der Waals surface area contributed by atoms with Gasteiger partial charge < -0.3 is 10.4 Å². The lowest BCUT2D eigenvalue weighted by molar-refractivity contribution is 0.0474. The first-order valence-electron chi connectivity index (χ1n) is 5.96. The van der Waals surface area contributed by atoms with Crippen molar-refractivity contribution >= 4 is 11.6 Å². The van der Waals surface area contributed by atoms with Crippen molar-refractivity contribution in [2.45, 2.75) is 37.8 Å². The Balaban J connectivity index is 1.87. The van der Waals surface area contributed by atoms with Gasteiger partial charge in [-0.25, -0.2) is 4.39 Å². The van der Waals surface area contributed by atoms with E-state index in [1.54, 1.807) is 6.07 Å².